The molecule has 8 nitrogen and oxygen atoms in total. The molecule has 0 aliphatic rings. The van der Waals surface area contributed by atoms with E-state index in [1.165, 1.54) is 24.4 Å². The molecule has 0 atom stereocenters. The number of aromatic nitrogens is 2. The highest BCUT2D eigenvalue weighted by Gasteiger charge is 2.16. The van der Waals surface area contributed by atoms with Gasteiger partial charge in [0.2, 0.25) is 0 Å². The molecule has 0 bridgehead atoms. The Kier molecular flexibility index (Phi) is 4.31. The van der Waals surface area contributed by atoms with Crippen molar-refractivity contribution >= 4 is 38.2 Å². The van der Waals surface area contributed by atoms with Gasteiger partial charge >= 0.3 is 5.76 Å². The van der Waals surface area contributed by atoms with E-state index in [1.54, 1.807) is 0 Å². The van der Waals surface area contributed by atoms with Crippen LogP contribution in [0.25, 0.3) is 22.0 Å². The Morgan fingerprint density at radius 1 is 1.25 bits per heavy atom. The van der Waals surface area contributed by atoms with Crippen molar-refractivity contribution in [3.05, 3.63) is 64.3 Å². The average molecular weight is 398 g/mol. The van der Waals surface area contributed by atoms with Gasteiger partial charge in [0.05, 0.1) is 16.6 Å². The van der Waals surface area contributed by atoms with E-state index < -0.39 is 15.8 Å². The molecule has 0 saturated carbocycles. The lowest BCUT2D eigenvalue weighted by Crippen LogP contribution is -2.18. The highest BCUT2D eigenvalue weighted by Crippen LogP contribution is 2.24. The lowest BCUT2D eigenvalue weighted by atomic mass is 10.1. The third kappa shape index (κ3) is 2.99. The third-order valence-corrected chi connectivity index (χ3v) is 5.89. The van der Waals surface area contributed by atoms with Crippen LogP contribution in [-0.4, -0.2) is 24.2 Å². The fourth-order valence-electron chi connectivity index (χ4n) is 3.33. The fourth-order valence-corrected chi connectivity index (χ4v) is 4.14. The summed E-state index contributed by atoms with van der Waals surface area (Å²) < 4.78 is 32.1. The Bertz CT molecular complexity index is 1380. The number of aromatic amines is 1. The zero-order valence-electron chi connectivity index (χ0n) is 15.3. The van der Waals surface area contributed by atoms with Crippen LogP contribution in [0.5, 0.6) is 0 Å². The molecule has 2 aromatic carbocycles. The predicted octanol–water partition coefficient (Wildman–Crippen LogP) is 2.72. The molecule has 2 N–H and O–H groups in total. The maximum atomic E-state index is 12.5. The SMILES string of the molecule is CCn1c(C)c(/C=N/NS(=O)(=O)c2ccc3[nH]c(=O)oc3c2)c2ccccc21. The van der Waals surface area contributed by atoms with E-state index in [2.05, 4.69) is 26.4 Å². The van der Waals surface area contributed by atoms with Gasteiger partial charge in [0.15, 0.2) is 5.58 Å². The van der Waals surface area contributed by atoms with Crippen LogP contribution in [0.1, 0.15) is 18.2 Å². The first-order valence-corrected chi connectivity index (χ1v) is 10.1. The molecule has 4 aromatic rings. The van der Waals surface area contributed by atoms with Gasteiger partial charge in [-0.15, -0.1) is 0 Å². The van der Waals surface area contributed by atoms with Crippen molar-refractivity contribution in [2.75, 3.05) is 0 Å². The number of sulfonamides is 1. The average Bonchev–Trinajstić information content (AvgIpc) is 3.17. The predicted molar refractivity (Wildman–Crippen MR) is 107 cm³/mol. The van der Waals surface area contributed by atoms with Gasteiger partial charge in [-0.05, 0) is 32.0 Å². The molecule has 0 amide bonds. The van der Waals surface area contributed by atoms with E-state index in [9.17, 15) is 13.2 Å². The number of H-pyrrole nitrogens is 1. The topological polar surface area (TPSA) is 109 Å². The first-order valence-electron chi connectivity index (χ1n) is 8.66. The third-order valence-electron chi connectivity index (χ3n) is 4.67. The van der Waals surface area contributed by atoms with Gasteiger partial charge in [-0.3, -0.25) is 4.98 Å². The molecule has 4 rings (SSSR count). The summed E-state index contributed by atoms with van der Waals surface area (Å²) >= 11 is 0. The molecule has 0 unspecified atom stereocenters. The Labute approximate surface area is 160 Å². The molecule has 9 heteroatoms. The molecule has 0 aliphatic carbocycles. The smallest absolute Gasteiger partial charge is 0.408 e. The number of fused-ring (bicyclic) bond motifs is 2. The molecular weight excluding hydrogens is 380 g/mol. The van der Waals surface area contributed by atoms with E-state index in [0.29, 0.717) is 5.52 Å². The molecule has 2 heterocycles. The molecule has 0 aliphatic heterocycles. The number of para-hydroxylation sites is 1. The highest BCUT2D eigenvalue weighted by atomic mass is 32.2. The number of nitrogens with zero attached hydrogens (tertiary/aromatic N) is 2. The highest BCUT2D eigenvalue weighted by molar-refractivity contribution is 7.89. The van der Waals surface area contributed by atoms with Crippen molar-refractivity contribution < 1.29 is 12.8 Å². The van der Waals surface area contributed by atoms with Gasteiger partial charge in [0.25, 0.3) is 10.0 Å². The van der Waals surface area contributed by atoms with E-state index in [-0.39, 0.29) is 10.5 Å². The van der Waals surface area contributed by atoms with Crippen LogP contribution in [0.2, 0.25) is 0 Å². The van der Waals surface area contributed by atoms with E-state index >= 15 is 0 Å². The second-order valence-electron chi connectivity index (χ2n) is 6.29. The maximum Gasteiger partial charge on any atom is 0.417 e. The number of aryl methyl sites for hydroxylation is 1. The summed E-state index contributed by atoms with van der Waals surface area (Å²) in [6.07, 6.45) is 1.51. The zero-order chi connectivity index (χ0) is 19.9. The fraction of sp³-hybridized carbons (Fsp3) is 0.158. The van der Waals surface area contributed by atoms with Crippen LogP contribution < -0.4 is 10.6 Å². The van der Waals surface area contributed by atoms with Crippen molar-refractivity contribution in [2.24, 2.45) is 5.10 Å². The van der Waals surface area contributed by atoms with Gasteiger partial charge < -0.3 is 8.98 Å². The number of hydrazone groups is 1. The van der Waals surface area contributed by atoms with E-state index in [1.807, 2.05) is 31.2 Å². The summed E-state index contributed by atoms with van der Waals surface area (Å²) in [6.45, 7) is 4.83. The van der Waals surface area contributed by atoms with Crippen molar-refractivity contribution in [3.63, 3.8) is 0 Å². The summed E-state index contributed by atoms with van der Waals surface area (Å²) in [5.74, 6) is -0.640. The first kappa shape index (κ1) is 18.1. The molecule has 0 fully saturated rings. The quantitative estimate of drug-likeness (QED) is 0.398. The lowest BCUT2D eigenvalue weighted by molar-refractivity contribution is 0.553. The Balaban J connectivity index is 1.66. The van der Waals surface area contributed by atoms with Gasteiger partial charge in [-0.2, -0.15) is 13.5 Å². The van der Waals surface area contributed by atoms with Crippen LogP contribution in [0.15, 0.2) is 61.7 Å². The van der Waals surface area contributed by atoms with Crippen molar-refractivity contribution in [3.8, 4) is 0 Å². The van der Waals surface area contributed by atoms with Crippen molar-refractivity contribution in [2.45, 2.75) is 25.3 Å². The number of benzene rings is 2. The molecule has 144 valence electrons. The summed E-state index contributed by atoms with van der Waals surface area (Å²) in [5, 5.41) is 4.96. The van der Waals surface area contributed by atoms with Gasteiger partial charge in [-0.25, -0.2) is 9.63 Å². The van der Waals surface area contributed by atoms with Crippen LogP contribution in [0.3, 0.4) is 0 Å². The van der Waals surface area contributed by atoms with Crippen LogP contribution in [0, 0.1) is 6.92 Å². The normalized spacial score (nSPS) is 12.4. The second kappa shape index (κ2) is 6.68. The summed E-state index contributed by atoms with van der Waals surface area (Å²) in [7, 11) is -3.91. The number of nitrogens with one attached hydrogen (secondary N) is 2. The standard InChI is InChI=1S/C19H18N4O4S/c1-3-23-12(2)15(14-6-4-5-7-17(14)23)11-20-22-28(25,26)13-8-9-16-18(10-13)27-19(24)21-16/h4-11,22H,3H2,1-2H3,(H,21,24)/b20-11+. The first-order chi connectivity index (χ1) is 13.4. The second-order valence-corrected chi connectivity index (χ2v) is 7.95. The summed E-state index contributed by atoms with van der Waals surface area (Å²) in [5.41, 5.74) is 3.52. The van der Waals surface area contributed by atoms with Crippen LogP contribution in [-0.2, 0) is 16.6 Å². The largest absolute Gasteiger partial charge is 0.417 e. The molecule has 0 radical (unpaired) electrons. The van der Waals surface area contributed by atoms with Crippen molar-refractivity contribution in [1.82, 2.24) is 14.4 Å². The number of oxazole rings is 1. The lowest BCUT2D eigenvalue weighted by Gasteiger charge is -2.04. The monoisotopic (exact) mass is 398 g/mol. The minimum atomic E-state index is -3.91. The maximum absolute atomic E-state index is 12.5. The van der Waals surface area contributed by atoms with Gasteiger partial charge in [0, 0.05) is 34.8 Å². The molecule has 0 spiro atoms. The van der Waals surface area contributed by atoms with Crippen LogP contribution >= 0.6 is 0 Å². The minimum absolute atomic E-state index is 0.0485. The summed E-state index contributed by atoms with van der Waals surface area (Å²) in [6, 6.07) is 12.0. The number of rotatable bonds is 5. The Morgan fingerprint density at radius 3 is 2.82 bits per heavy atom. The number of hydrogen-bond donors (Lipinski definition) is 2. The molecule has 2 aromatic heterocycles. The van der Waals surface area contributed by atoms with Crippen molar-refractivity contribution in [1.29, 1.82) is 0 Å². The van der Waals surface area contributed by atoms with E-state index in [4.69, 9.17) is 4.42 Å². The molecular formula is C19H18N4O4S. The number of hydrogen-bond acceptors (Lipinski definition) is 5. The molecule has 0 saturated heterocycles. The Morgan fingerprint density at radius 2 is 2.04 bits per heavy atom. The van der Waals surface area contributed by atoms with E-state index in [0.717, 1.165) is 28.7 Å². The van der Waals surface area contributed by atoms with Crippen LogP contribution in [0.4, 0.5) is 0 Å². The molecule has 28 heavy (non-hydrogen) atoms. The summed E-state index contributed by atoms with van der Waals surface area (Å²) in [4.78, 5) is 15.9. The Hall–Kier alpha value is -3.33. The zero-order valence-corrected chi connectivity index (χ0v) is 16.1. The van der Waals surface area contributed by atoms with Gasteiger partial charge in [0.1, 0.15) is 0 Å². The van der Waals surface area contributed by atoms with Gasteiger partial charge in [-0.1, -0.05) is 18.2 Å². The minimum Gasteiger partial charge on any atom is -0.408 e.